The molecule has 0 bridgehead atoms. The van der Waals surface area contributed by atoms with Gasteiger partial charge in [-0.1, -0.05) is 19.9 Å². The van der Waals surface area contributed by atoms with Gasteiger partial charge < -0.3 is 4.74 Å². The summed E-state index contributed by atoms with van der Waals surface area (Å²) >= 11 is 0. The maximum atomic E-state index is 12.9. The largest absolute Gasteiger partial charge is 0.492 e. The topological polar surface area (TPSA) is 9.23 Å². The number of hydrogen-bond donors (Lipinski definition) is 0. The van der Waals surface area contributed by atoms with E-state index < -0.39 is 0 Å². The summed E-state index contributed by atoms with van der Waals surface area (Å²) in [7, 11) is 0. The van der Waals surface area contributed by atoms with Gasteiger partial charge >= 0.3 is 0 Å². The fourth-order valence-corrected chi connectivity index (χ4v) is 2.89. The Balaban J connectivity index is 2.12. The fourth-order valence-electron chi connectivity index (χ4n) is 2.89. The average Bonchev–Trinajstić information content (AvgIpc) is 2.60. The van der Waals surface area contributed by atoms with Gasteiger partial charge in [0.1, 0.15) is 11.6 Å². The third kappa shape index (κ3) is 0.753. The molecule has 1 aliphatic heterocycles. The molecule has 2 unspecified atom stereocenters. The summed E-state index contributed by atoms with van der Waals surface area (Å²) in [5.41, 5.74) is 1.40. The Hall–Kier alpha value is -1.05. The van der Waals surface area contributed by atoms with Crippen molar-refractivity contribution in [3.8, 4) is 5.75 Å². The van der Waals surface area contributed by atoms with E-state index in [4.69, 9.17) is 4.74 Å². The van der Waals surface area contributed by atoms with Crippen LogP contribution in [0.2, 0.25) is 0 Å². The van der Waals surface area contributed by atoms with E-state index in [9.17, 15) is 4.39 Å². The van der Waals surface area contributed by atoms with Gasteiger partial charge in [-0.05, 0) is 17.9 Å². The summed E-state index contributed by atoms with van der Waals surface area (Å²) in [6.07, 6.45) is 0. The van der Waals surface area contributed by atoms with E-state index in [-0.39, 0.29) is 11.2 Å². The first-order valence-corrected chi connectivity index (χ1v) is 5.09. The van der Waals surface area contributed by atoms with Crippen LogP contribution in [0.15, 0.2) is 18.2 Å². The van der Waals surface area contributed by atoms with Crippen molar-refractivity contribution in [2.45, 2.75) is 19.3 Å². The molecule has 3 rings (SSSR count). The Bertz CT molecular complexity index is 391. The van der Waals surface area contributed by atoms with Crippen LogP contribution in [0, 0.1) is 17.7 Å². The van der Waals surface area contributed by atoms with Crippen molar-refractivity contribution in [2.24, 2.45) is 11.8 Å². The highest BCUT2D eigenvalue weighted by Crippen LogP contribution is 2.64. The fraction of sp³-hybridized carbons (Fsp3) is 0.500. The Labute approximate surface area is 82.9 Å². The van der Waals surface area contributed by atoms with Crippen LogP contribution in [0.3, 0.4) is 0 Å². The van der Waals surface area contributed by atoms with Gasteiger partial charge in [0.2, 0.25) is 0 Å². The van der Waals surface area contributed by atoms with Crippen LogP contribution in [0.1, 0.15) is 19.4 Å². The van der Waals surface area contributed by atoms with E-state index in [1.807, 2.05) is 6.07 Å². The van der Waals surface area contributed by atoms with Crippen molar-refractivity contribution in [3.05, 3.63) is 29.6 Å². The monoisotopic (exact) mass is 192 g/mol. The third-order valence-electron chi connectivity index (χ3n) is 4.18. The van der Waals surface area contributed by atoms with Crippen molar-refractivity contribution in [1.82, 2.24) is 0 Å². The number of hydrogen-bond acceptors (Lipinski definition) is 1. The van der Waals surface area contributed by atoms with Crippen molar-refractivity contribution in [2.75, 3.05) is 6.61 Å². The van der Waals surface area contributed by atoms with Crippen molar-refractivity contribution in [3.63, 3.8) is 0 Å². The summed E-state index contributed by atoms with van der Waals surface area (Å²) in [4.78, 5) is 0. The molecule has 0 amide bonds. The summed E-state index contributed by atoms with van der Waals surface area (Å²) in [5, 5.41) is 0. The zero-order valence-electron chi connectivity index (χ0n) is 8.38. The molecule has 1 nitrogen and oxygen atoms in total. The molecule has 0 saturated heterocycles. The quantitative estimate of drug-likeness (QED) is 0.614. The minimum atomic E-state index is -0.207. The second-order valence-corrected chi connectivity index (χ2v) is 4.55. The minimum Gasteiger partial charge on any atom is -0.492 e. The van der Waals surface area contributed by atoms with Crippen LogP contribution in [0.5, 0.6) is 5.75 Å². The maximum absolute atomic E-state index is 12.9. The van der Waals surface area contributed by atoms with E-state index >= 15 is 0 Å². The smallest absolute Gasteiger partial charge is 0.126 e. The number of benzene rings is 1. The van der Waals surface area contributed by atoms with Gasteiger partial charge in [0.25, 0.3) is 0 Å². The zero-order valence-corrected chi connectivity index (χ0v) is 8.38. The molecule has 2 heteroatoms. The molecule has 1 saturated carbocycles. The molecule has 1 fully saturated rings. The van der Waals surface area contributed by atoms with Crippen LogP contribution in [-0.4, -0.2) is 6.61 Å². The Morgan fingerprint density at radius 2 is 2.07 bits per heavy atom. The molecule has 0 N–H and O–H groups in total. The van der Waals surface area contributed by atoms with Crippen molar-refractivity contribution in [1.29, 1.82) is 0 Å². The summed E-state index contributed by atoms with van der Waals surface area (Å²) < 4.78 is 18.5. The lowest BCUT2D eigenvalue weighted by Gasteiger charge is -2.06. The Morgan fingerprint density at radius 1 is 1.36 bits per heavy atom. The van der Waals surface area contributed by atoms with Crippen LogP contribution in [0.25, 0.3) is 0 Å². The molecule has 1 heterocycles. The molecule has 0 radical (unpaired) electrons. The van der Waals surface area contributed by atoms with Gasteiger partial charge in [-0.15, -0.1) is 0 Å². The number of rotatable bonds is 0. The standard InChI is InChI=1S/C12H13FO/c1-7-8(2)12(7)6-14-11-5-9(13)3-4-10(11)12/h3-5,7-8H,6H2,1-2H3. The average molecular weight is 192 g/mol. The molecule has 2 aliphatic rings. The maximum Gasteiger partial charge on any atom is 0.126 e. The highest BCUT2D eigenvalue weighted by atomic mass is 19.1. The van der Waals surface area contributed by atoms with E-state index in [1.165, 1.54) is 17.7 Å². The molecular formula is C12H13FO. The lowest BCUT2D eigenvalue weighted by Crippen LogP contribution is -2.12. The van der Waals surface area contributed by atoms with Crippen LogP contribution in [-0.2, 0) is 5.41 Å². The van der Waals surface area contributed by atoms with Crippen molar-refractivity contribution >= 4 is 0 Å². The van der Waals surface area contributed by atoms with Gasteiger partial charge in [0.15, 0.2) is 0 Å². The summed E-state index contributed by atoms with van der Waals surface area (Å²) in [6.45, 7) is 5.22. The molecule has 1 aromatic rings. The Morgan fingerprint density at radius 3 is 2.71 bits per heavy atom. The molecule has 2 atom stereocenters. The normalized spacial score (nSPS) is 38.2. The van der Waals surface area contributed by atoms with E-state index in [2.05, 4.69) is 13.8 Å². The first-order chi connectivity index (χ1) is 6.66. The van der Waals surface area contributed by atoms with Crippen LogP contribution in [0.4, 0.5) is 4.39 Å². The number of halogens is 1. The molecule has 1 spiro atoms. The summed E-state index contributed by atoms with van der Waals surface area (Å²) in [6, 6.07) is 4.92. The Kier molecular flexibility index (Phi) is 1.36. The second kappa shape index (κ2) is 2.30. The highest BCUT2D eigenvalue weighted by molar-refractivity contribution is 5.49. The van der Waals surface area contributed by atoms with Gasteiger partial charge in [0.05, 0.1) is 6.61 Å². The molecule has 1 aromatic carbocycles. The minimum absolute atomic E-state index is 0.197. The molecular weight excluding hydrogens is 179 g/mol. The second-order valence-electron chi connectivity index (χ2n) is 4.55. The van der Waals surface area contributed by atoms with E-state index in [0.29, 0.717) is 11.8 Å². The number of fused-ring (bicyclic) bond motifs is 2. The molecule has 74 valence electrons. The lowest BCUT2D eigenvalue weighted by atomic mass is 9.94. The van der Waals surface area contributed by atoms with Gasteiger partial charge in [-0.2, -0.15) is 0 Å². The molecule has 0 aromatic heterocycles. The van der Waals surface area contributed by atoms with Gasteiger partial charge in [-0.3, -0.25) is 0 Å². The van der Waals surface area contributed by atoms with E-state index in [0.717, 1.165) is 12.4 Å². The molecule has 1 aliphatic carbocycles. The number of ether oxygens (including phenoxy) is 1. The predicted molar refractivity (Wildman–Crippen MR) is 51.9 cm³/mol. The van der Waals surface area contributed by atoms with Gasteiger partial charge in [0, 0.05) is 17.0 Å². The van der Waals surface area contributed by atoms with Crippen LogP contribution >= 0.6 is 0 Å². The van der Waals surface area contributed by atoms with E-state index in [1.54, 1.807) is 0 Å². The van der Waals surface area contributed by atoms with Crippen LogP contribution < -0.4 is 4.74 Å². The SMILES string of the molecule is CC1C(C)C12COc1cc(F)ccc12. The summed E-state index contributed by atoms with van der Waals surface area (Å²) in [5.74, 6) is 1.87. The lowest BCUT2D eigenvalue weighted by molar-refractivity contribution is 0.310. The first-order valence-electron chi connectivity index (χ1n) is 5.09. The predicted octanol–water partition coefficient (Wildman–Crippen LogP) is 2.74. The zero-order chi connectivity index (χ0) is 9.92. The molecule has 14 heavy (non-hydrogen) atoms. The highest BCUT2D eigenvalue weighted by Gasteiger charge is 2.64. The van der Waals surface area contributed by atoms with Crippen molar-refractivity contribution < 1.29 is 9.13 Å². The van der Waals surface area contributed by atoms with Gasteiger partial charge in [-0.25, -0.2) is 4.39 Å². The third-order valence-corrected chi connectivity index (χ3v) is 4.18. The first kappa shape index (κ1) is 8.27.